The molecule has 1 aromatic heterocycles. The lowest BCUT2D eigenvalue weighted by molar-refractivity contribution is 0.271. The summed E-state index contributed by atoms with van der Waals surface area (Å²) in [6, 6.07) is 1.81. The molecule has 0 saturated heterocycles. The molecule has 0 unspecified atom stereocenters. The summed E-state index contributed by atoms with van der Waals surface area (Å²) in [6.45, 7) is 8.30. The van der Waals surface area contributed by atoms with Gasteiger partial charge in [0, 0.05) is 12.6 Å². The zero-order chi connectivity index (χ0) is 15.2. The quantitative estimate of drug-likeness (QED) is 0.743. The zero-order valence-electron chi connectivity index (χ0n) is 12.7. The number of nitrogens with zero attached hydrogens (tertiary/aromatic N) is 1. The second kappa shape index (κ2) is 7.71. The van der Waals surface area contributed by atoms with E-state index in [1.165, 1.54) is 0 Å². The molecule has 4 nitrogen and oxygen atoms in total. The molecule has 1 N–H and O–H groups in total. The first-order chi connectivity index (χ1) is 10.2. The highest BCUT2D eigenvalue weighted by atomic mass is 35.5. The summed E-state index contributed by atoms with van der Waals surface area (Å²) in [4.78, 5) is 4.53. The Bertz CT molecular complexity index is 601. The smallest absolute Gasteiger partial charge is 0.183 e. The first kappa shape index (κ1) is 16.2. The van der Waals surface area contributed by atoms with Gasteiger partial charge in [-0.05, 0) is 19.8 Å². The standard InChI is InChI=1S/C15H21ClN2O2S/c1-4-7-19-11-9-10(16)12-14(13(11)20-8-5-2)21-15(18-12)17-6-3/h9H,4-8H2,1-3H3,(H,17,18). The van der Waals surface area contributed by atoms with Crippen molar-refractivity contribution >= 4 is 38.3 Å². The van der Waals surface area contributed by atoms with Crippen LogP contribution < -0.4 is 14.8 Å². The molecule has 0 spiro atoms. The Morgan fingerprint density at radius 1 is 1.19 bits per heavy atom. The number of ether oxygens (including phenoxy) is 2. The number of fused-ring (bicyclic) bond motifs is 1. The Kier molecular flexibility index (Phi) is 5.94. The number of halogens is 1. The van der Waals surface area contributed by atoms with Gasteiger partial charge in [0.25, 0.3) is 0 Å². The van der Waals surface area contributed by atoms with Crippen molar-refractivity contribution < 1.29 is 9.47 Å². The van der Waals surface area contributed by atoms with Gasteiger partial charge in [0.1, 0.15) is 10.2 Å². The lowest BCUT2D eigenvalue weighted by Crippen LogP contribution is -2.01. The van der Waals surface area contributed by atoms with Crippen LogP contribution in [0.2, 0.25) is 5.02 Å². The maximum Gasteiger partial charge on any atom is 0.183 e. The van der Waals surface area contributed by atoms with Gasteiger partial charge in [-0.2, -0.15) is 0 Å². The fraction of sp³-hybridized carbons (Fsp3) is 0.533. The van der Waals surface area contributed by atoms with Crippen LogP contribution in [0.3, 0.4) is 0 Å². The fourth-order valence-corrected chi connectivity index (χ4v) is 3.23. The van der Waals surface area contributed by atoms with Gasteiger partial charge in [0.05, 0.1) is 18.2 Å². The molecule has 6 heteroatoms. The molecule has 116 valence electrons. The predicted octanol–water partition coefficient (Wildman–Crippen LogP) is 4.96. The molecule has 0 aliphatic carbocycles. The van der Waals surface area contributed by atoms with E-state index in [1.54, 1.807) is 17.4 Å². The van der Waals surface area contributed by atoms with Gasteiger partial charge in [-0.3, -0.25) is 0 Å². The van der Waals surface area contributed by atoms with Crippen molar-refractivity contribution in [1.82, 2.24) is 4.98 Å². The molecular formula is C15H21ClN2O2S. The second-order valence-corrected chi connectivity index (χ2v) is 6.02. The lowest BCUT2D eigenvalue weighted by atomic mass is 10.3. The third-order valence-corrected chi connectivity index (χ3v) is 4.08. The maximum atomic E-state index is 6.34. The molecule has 0 radical (unpaired) electrons. The summed E-state index contributed by atoms with van der Waals surface area (Å²) in [5.41, 5.74) is 0.771. The van der Waals surface area contributed by atoms with Gasteiger partial charge in [-0.15, -0.1) is 0 Å². The SMILES string of the molecule is CCCOc1cc(Cl)c2nc(NCC)sc2c1OCCC. The van der Waals surface area contributed by atoms with Crippen LogP contribution in [0.1, 0.15) is 33.6 Å². The van der Waals surface area contributed by atoms with Gasteiger partial charge in [-0.25, -0.2) is 4.98 Å². The number of hydrogen-bond acceptors (Lipinski definition) is 5. The number of rotatable bonds is 8. The average Bonchev–Trinajstić information content (AvgIpc) is 2.89. The number of anilines is 1. The Labute approximate surface area is 134 Å². The summed E-state index contributed by atoms with van der Waals surface area (Å²) in [5.74, 6) is 1.46. The van der Waals surface area contributed by atoms with Crippen molar-refractivity contribution in [3.05, 3.63) is 11.1 Å². The van der Waals surface area contributed by atoms with E-state index in [9.17, 15) is 0 Å². The van der Waals surface area contributed by atoms with Crippen molar-refractivity contribution in [2.75, 3.05) is 25.1 Å². The van der Waals surface area contributed by atoms with Crippen molar-refractivity contribution in [1.29, 1.82) is 0 Å². The predicted molar refractivity (Wildman–Crippen MR) is 90.4 cm³/mol. The fourth-order valence-electron chi connectivity index (χ4n) is 1.88. The van der Waals surface area contributed by atoms with Crippen LogP contribution in [0.15, 0.2) is 6.07 Å². The first-order valence-corrected chi connectivity index (χ1v) is 8.53. The summed E-state index contributed by atoms with van der Waals surface area (Å²) >= 11 is 7.89. The highest BCUT2D eigenvalue weighted by molar-refractivity contribution is 7.22. The van der Waals surface area contributed by atoms with Crippen molar-refractivity contribution in [3.8, 4) is 11.5 Å². The average molecular weight is 329 g/mol. The third-order valence-electron chi connectivity index (χ3n) is 2.78. The number of nitrogens with one attached hydrogen (secondary N) is 1. The molecular weight excluding hydrogens is 308 g/mol. The normalized spacial score (nSPS) is 10.9. The number of benzene rings is 1. The molecule has 2 rings (SSSR count). The van der Waals surface area contributed by atoms with Crippen molar-refractivity contribution in [3.63, 3.8) is 0 Å². The highest BCUT2D eigenvalue weighted by Gasteiger charge is 2.18. The summed E-state index contributed by atoms with van der Waals surface area (Å²) in [7, 11) is 0. The maximum absolute atomic E-state index is 6.34. The van der Waals surface area contributed by atoms with Crippen LogP contribution >= 0.6 is 22.9 Å². The third kappa shape index (κ3) is 3.71. The van der Waals surface area contributed by atoms with Crippen LogP contribution in [0.25, 0.3) is 10.2 Å². The van der Waals surface area contributed by atoms with Crippen LogP contribution in [0, 0.1) is 0 Å². The Hall–Kier alpha value is -1.20. The Balaban J connectivity index is 2.49. The molecule has 21 heavy (non-hydrogen) atoms. The van der Waals surface area contributed by atoms with Crippen LogP contribution in [0.5, 0.6) is 11.5 Å². The Morgan fingerprint density at radius 3 is 2.57 bits per heavy atom. The van der Waals surface area contributed by atoms with Gasteiger partial charge >= 0.3 is 0 Å². The van der Waals surface area contributed by atoms with E-state index in [4.69, 9.17) is 21.1 Å². The minimum Gasteiger partial charge on any atom is -0.490 e. The van der Waals surface area contributed by atoms with Crippen molar-refractivity contribution in [2.24, 2.45) is 0 Å². The van der Waals surface area contributed by atoms with Crippen LogP contribution in [-0.4, -0.2) is 24.7 Å². The molecule has 1 aromatic carbocycles. The second-order valence-electron chi connectivity index (χ2n) is 4.61. The topological polar surface area (TPSA) is 43.4 Å². The largest absolute Gasteiger partial charge is 0.490 e. The zero-order valence-corrected chi connectivity index (χ0v) is 14.2. The van der Waals surface area contributed by atoms with Gasteiger partial charge in [0.2, 0.25) is 0 Å². The van der Waals surface area contributed by atoms with Gasteiger partial charge in [-0.1, -0.05) is 36.8 Å². The van der Waals surface area contributed by atoms with Crippen LogP contribution in [0.4, 0.5) is 5.13 Å². The molecule has 0 aliphatic rings. The summed E-state index contributed by atoms with van der Waals surface area (Å²) < 4.78 is 12.6. The van der Waals surface area contributed by atoms with E-state index in [-0.39, 0.29) is 0 Å². The van der Waals surface area contributed by atoms with E-state index < -0.39 is 0 Å². The number of hydrogen-bond donors (Lipinski definition) is 1. The van der Waals surface area contributed by atoms with Gasteiger partial charge in [0.15, 0.2) is 16.6 Å². The minimum atomic E-state index is 0.598. The highest BCUT2D eigenvalue weighted by Crippen LogP contribution is 2.44. The molecule has 0 aliphatic heterocycles. The lowest BCUT2D eigenvalue weighted by Gasteiger charge is -2.13. The van der Waals surface area contributed by atoms with Gasteiger partial charge < -0.3 is 14.8 Å². The molecule has 0 bridgehead atoms. The molecule has 0 saturated carbocycles. The molecule has 2 aromatic rings. The molecule has 0 amide bonds. The summed E-state index contributed by atoms with van der Waals surface area (Å²) in [6.07, 6.45) is 1.88. The van der Waals surface area contributed by atoms with E-state index >= 15 is 0 Å². The van der Waals surface area contributed by atoms with E-state index in [0.29, 0.717) is 24.0 Å². The van der Waals surface area contributed by atoms with E-state index in [2.05, 4.69) is 24.1 Å². The molecule has 0 fully saturated rings. The number of thiazole rings is 1. The first-order valence-electron chi connectivity index (χ1n) is 7.33. The minimum absolute atomic E-state index is 0.598. The Morgan fingerprint density at radius 2 is 1.90 bits per heavy atom. The van der Waals surface area contributed by atoms with Crippen molar-refractivity contribution in [2.45, 2.75) is 33.6 Å². The summed E-state index contributed by atoms with van der Waals surface area (Å²) in [5, 5.41) is 4.67. The number of aromatic nitrogens is 1. The molecule has 1 heterocycles. The van der Waals surface area contributed by atoms with E-state index in [1.807, 2.05) is 6.92 Å². The van der Waals surface area contributed by atoms with E-state index in [0.717, 1.165) is 40.5 Å². The van der Waals surface area contributed by atoms with Crippen LogP contribution in [-0.2, 0) is 0 Å². The monoisotopic (exact) mass is 328 g/mol. The molecule has 0 atom stereocenters.